The predicted octanol–water partition coefficient (Wildman–Crippen LogP) is 2.93. The van der Waals surface area contributed by atoms with E-state index in [4.69, 9.17) is 40.4 Å². The van der Waals surface area contributed by atoms with Crippen LogP contribution in [0, 0.1) is 5.92 Å². The van der Waals surface area contributed by atoms with Crippen LogP contribution in [0.5, 0.6) is 0 Å². The molecule has 0 aliphatic heterocycles. The first kappa shape index (κ1) is 41.4. The number of primary amides is 1. The van der Waals surface area contributed by atoms with Gasteiger partial charge in [0.2, 0.25) is 23.6 Å². The summed E-state index contributed by atoms with van der Waals surface area (Å²) in [5, 5.41) is 8.50. The Morgan fingerprint density at radius 3 is 1.91 bits per heavy atom. The minimum absolute atomic E-state index is 0.0277. The summed E-state index contributed by atoms with van der Waals surface area (Å²) in [4.78, 5) is 52.4. The molecule has 9 N–H and O–H groups in total. The fraction of sp³-hybridized carbons (Fsp3) is 0.697. The second-order valence-corrected chi connectivity index (χ2v) is 12.5. The zero-order valence-corrected chi connectivity index (χ0v) is 29.1. The lowest BCUT2D eigenvalue weighted by molar-refractivity contribution is -0.132. The van der Waals surface area contributed by atoms with Gasteiger partial charge in [0, 0.05) is 49.4 Å². The van der Waals surface area contributed by atoms with E-state index in [1.54, 1.807) is 0 Å². The average Bonchev–Trinajstić information content (AvgIpc) is 3.03. The third kappa shape index (κ3) is 17.9. The molecule has 0 radical (unpaired) electrons. The van der Waals surface area contributed by atoms with Crippen molar-refractivity contribution in [1.29, 1.82) is 0 Å². The van der Waals surface area contributed by atoms with Crippen LogP contribution in [0.4, 0.5) is 5.69 Å². The Morgan fingerprint density at radius 1 is 0.761 bits per heavy atom. The molecule has 11 nitrogen and oxygen atoms in total. The Labute approximate surface area is 285 Å². The SMILES string of the molecule is CC(CCCCN)C(=O)NC(CCCCN)C(=O)NC(CCCCNC(=O)CCCc1ccc(N(CCCl)CCCl)cc1)C(N)=O. The Morgan fingerprint density at radius 2 is 1.33 bits per heavy atom. The number of carbonyl (C=O) groups excluding carboxylic acids is 4. The summed E-state index contributed by atoms with van der Waals surface area (Å²) in [5.74, 6) is -0.508. The van der Waals surface area contributed by atoms with Gasteiger partial charge in [-0.05, 0) is 95.0 Å². The fourth-order valence-corrected chi connectivity index (χ4v) is 5.46. The van der Waals surface area contributed by atoms with Crippen molar-refractivity contribution in [1.82, 2.24) is 16.0 Å². The first-order valence-electron chi connectivity index (χ1n) is 16.7. The Balaban J connectivity index is 2.45. The molecule has 0 spiro atoms. The number of anilines is 1. The van der Waals surface area contributed by atoms with Gasteiger partial charge in [0.25, 0.3) is 0 Å². The zero-order chi connectivity index (χ0) is 34.2. The number of nitrogens with zero attached hydrogens (tertiary/aromatic N) is 1. The highest BCUT2D eigenvalue weighted by Gasteiger charge is 2.26. The Kier molecular flexibility index (Phi) is 22.9. The van der Waals surface area contributed by atoms with Gasteiger partial charge in [-0.15, -0.1) is 23.2 Å². The van der Waals surface area contributed by atoms with Crippen LogP contribution in [-0.2, 0) is 25.6 Å². The molecule has 262 valence electrons. The van der Waals surface area contributed by atoms with E-state index >= 15 is 0 Å². The van der Waals surface area contributed by atoms with Gasteiger partial charge in [-0.3, -0.25) is 19.2 Å². The van der Waals surface area contributed by atoms with Crippen LogP contribution in [0.15, 0.2) is 24.3 Å². The second-order valence-electron chi connectivity index (χ2n) is 11.7. The fourth-order valence-electron chi connectivity index (χ4n) is 5.05. The van der Waals surface area contributed by atoms with E-state index in [0.29, 0.717) is 82.8 Å². The summed E-state index contributed by atoms with van der Waals surface area (Å²) >= 11 is 11.8. The topological polar surface area (TPSA) is 186 Å². The number of aryl methyl sites for hydroxylation is 1. The average molecular weight is 687 g/mol. The number of nitrogens with two attached hydrogens (primary N) is 3. The molecule has 0 saturated carbocycles. The lowest BCUT2D eigenvalue weighted by atomic mass is 10.0. The number of nitrogens with one attached hydrogen (secondary N) is 3. The summed E-state index contributed by atoms with van der Waals surface area (Å²) in [6.07, 6.45) is 7.60. The molecule has 0 aromatic heterocycles. The van der Waals surface area contributed by atoms with Crippen molar-refractivity contribution >= 4 is 52.5 Å². The smallest absolute Gasteiger partial charge is 0.243 e. The molecule has 0 fully saturated rings. The van der Waals surface area contributed by atoms with Crippen LogP contribution in [0.1, 0.15) is 83.1 Å². The molecule has 1 rings (SSSR count). The van der Waals surface area contributed by atoms with Gasteiger partial charge < -0.3 is 38.1 Å². The molecule has 4 amide bonds. The van der Waals surface area contributed by atoms with Crippen LogP contribution < -0.4 is 38.1 Å². The van der Waals surface area contributed by atoms with Crippen LogP contribution in [0.25, 0.3) is 0 Å². The van der Waals surface area contributed by atoms with Gasteiger partial charge in [-0.1, -0.05) is 25.5 Å². The van der Waals surface area contributed by atoms with E-state index in [2.05, 4.69) is 45.1 Å². The van der Waals surface area contributed by atoms with Crippen LogP contribution in [0.3, 0.4) is 0 Å². The third-order valence-electron chi connectivity index (χ3n) is 7.90. The van der Waals surface area contributed by atoms with Crippen LogP contribution in [0.2, 0.25) is 0 Å². The minimum atomic E-state index is -0.873. The van der Waals surface area contributed by atoms with E-state index in [9.17, 15) is 19.2 Å². The van der Waals surface area contributed by atoms with E-state index < -0.39 is 23.9 Å². The number of unbranched alkanes of at least 4 members (excludes halogenated alkanes) is 3. The highest BCUT2D eigenvalue weighted by atomic mass is 35.5. The predicted molar refractivity (Wildman–Crippen MR) is 188 cm³/mol. The quantitative estimate of drug-likeness (QED) is 0.0607. The molecule has 0 heterocycles. The summed E-state index contributed by atoms with van der Waals surface area (Å²) in [6.45, 7) is 4.81. The molecule has 3 atom stereocenters. The van der Waals surface area contributed by atoms with Gasteiger partial charge in [0.05, 0.1) is 0 Å². The number of carbonyl (C=O) groups is 4. The Hall–Kier alpha value is -2.60. The highest BCUT2D eigenvalue weighted by molar-refractivity contribution is 6.18. The van der Waals surface area contributed by atoms with Crippen molar-refractivity contribution in [2.45, 2.75) is 96.1 Å². The number of amides is 4. The second kappa shape index (κ2) is 25.5. The third-order valence-corrected chi connectivity index (χ3v) is 8.24. The van der Waals surface area contributed by atoms with Gasteiger partial charge >= 0.3 is 0 Å². The molecule has 0 aliphatic rings. The largest absolute Gasteiger partial charge is 0.369 e. The number of hydrogen-bond acceptors (Lipinski definition) is 7. The summed E-state index contributed by atoms with van der Waals surface area (Å²) in [6, 6.07) is 6.59. The molecule has 1 aromatic carbocycles. The number of benzene rings is 1. The van der Waals surface area contributed by atoms with Gasteiger partial charge in [-0.2, -0.15) is 0 Å². The van der Waals surface area contributed by atoms with Crippen molar-refractivity contribution in [3.63, 3.8) is 0 Å². The maximum Gasteiger partial charge on any atom is 0.243 e. The van der Waals surface area contributed by atoms with E-state index in [1.165, 1.54) is 0 Å². The summed E-state index contributed by atoms with van der Waals surface area (Å²) < 4.78 is 0. The molecular weight excluding hydrogens is 629 g/mol. The number of halogens is 2. The van der Waals surface area contributed by atoms with Crippen molar-refractivity contribution < 1.29 is 19.2 Å². The molecule has 46 heavy (non-hydrogen) atoms. The first-order valence-corrected chi connectivity index (χ1v) is 17.8. The van der Waals surface area contributed by atoms with Gasteiger partial charge in [-0.25, -0.2) is 0 Å². The van der Waals surface area contributed by atoms with Crippen molar-refractivity contribution in [2.75, 3.05) is 49.4 Å². The van der Waals surface area contributed by atoms with E-state index in [0.717, 1.165) is 50.0 Å². The lowest BCUT2D eigenvalue weighted by Crippen LogP contribution is -2.53. The normalized spacial score (nSPS) is 13.0. The van der Waals surface area contributed by atoms with Crippen molar-refractivity contribution in [2.24, 2.45) is 23.1 Å². The monoisotopic (exact) mass is 685 g/mol. The van der Waals surface area contributed by atoms with Crippen LogP contribution >= 0.6 is 23.2 Å². The van der Waals surface area contributed by atoms with E-state index in [1.807, 2.05) is 6.92 Å². The molecule has 13 heteroatoms. The standard InChI is InChI=1S/C33H57Cl2N7O4/c1-25(9-2-5-20-36)32(45)41-29(12-3-6-21-37)33(46)40-28(31(38)44)11-4-7-22-39-30(43)13-8-10-26-14-16-27(17-15-26)42(23-18-34)24-19-35/h14-17,25,28-29H,2-13,18-24,36-37H2,1H3,(H2,38,44)(H,39,43)(H,40,46)(H,41,45). The molecular formula is C33H57Cl2N7O4. The van der Waals surface area contributed by atoms with Gasteiger partial charge in [0.15, 0.2) is 0 Å². The molecule has 0 bridgehead atoms. The van der Waals surface area contributed by atoms with E-state index in [-0.39, 0.29) is 17.7 Å². The van der Waals surface area contributed by atoms with Crippen molar-refractivity contribution in [3.8, 4) is 0 Å². The summed E-state index contributed by atoms with van der Waals surface area (Å²) in [7, 11) is 0. The molecule has 0 saturated heterocycles. The maximum absolute atomic E-state index is 13.1. The highest BCUT2D eigenvalue weighted by Crippen LogP contribution is 2.17. The van der Waals surface area contributed by atoms with Crippen LogP contribution in [-0.4, -0.2) is 80.2 Å². The molecule has 1 aromatic rings. The number of alkyl halides is 2. The molecule has 3 unspecified atom stereocenters. The molecule has 0 aliphatic carbocycles. The number of rotatable bonds is 27. The van der Waals surface area contributed by atoms with Gasteiger partial charge in [0.1, 0.15) is 12.1 Å². The minimum Gasteiger partial charge on any atom is -0.369 e. The van der Waals surface area contributed by atoms with Crippen molar-refractivity contribution in [3.05, 3.63) is 29.8 Å². The number of hydrogen-bond donors (Lipinski definition) is 6. The first-order chi connectivity index (χ1) is 22.2. The Bertz CT molecular complexity index is 1010. The lowest BCUT2D eigenvalue weighted by Gasteiger charge is -2.23. The summed E-state index contributed by atoms with van der Waals surface area (Å²) in [5.41, 5.74) is 19.0. The maximum atomic E-state index is 13.1. The zero-order valence-electron chi connectivity index (χ0n) is 27.5.